The van der Waals surface area contributed by atoms with Gasteiger partial charge in [0.25, 0.3) is 0 Å². The van der Waals surface area contributed by atoms with Crippen LogP contribution in [0.2, 0.25) is 0 Å². The zero-order valence-corrected chi connectivity index (χ0v) is 10.6. The van der Waals surface area contributed by atoms with E-state index < -0.39 is 0 Å². The van der Waals surface area contributed by atoms with Crippen molar-refractivity contribution in [3.8, 4) is 0 Å². The Labute approximate surface area is 98.4 Å². The zero-order valence-electron chi connectivity index (χ0n) is 8.41. The molecule has 1 fully saturated rings. The topological polar surface area (TPSA) is 36.9 Å². The fourth-order valence-electron chi connectivity index (χ4n) is 1.16. The van der Waals surface area contributed by atoms with E-state index in [9.17, 15) is 0 Å². The van der Waals surface area contributed by atoms with Crippen LogP contribution in [-0.2, 0) is 18.9 Å². The molecule has 84 valence electrons. The van der Waals surface area contributed by atoms with Crippen LogP contribution in [0.5, 0.6) is 0 Å². The minimum atomic E-state index is 0.238. The molecule has 2 unspecified atom stereocenters. The van der Waals surface area contributed by atoms with E-state index in [-0.39, 0.29) is 6.10 Å². The highest BCUT2D eigenvalue weighted by Gasteiger charge is 2.25. The number of ether oxygens (including phenoxy) is 4. The molecule has 14 heavy (non-hydrogen) atoms. The second-order valence-corrected chi connectivity index (χ2v) is 4.67. The van der Waals surface area contributed by atoms with Crippen LogP contribution in [0.4, 0.5) is 0 Å². The average molecular weight is 316 g/mol. The third-order valence-electron chi connectivity index (χ3n) is 1.95. The first kappa shape index (κ1) is 12.6. The van der Waals surface area contributed by atoms with Gasteiger partial charge in [-0.05, 0) is 0 Å². The number of halogens is 1. The molecule has 0 N–H and O–H groups in total. The maximum Gasteiger partial charge on any atom is 0.0949 e. The Morgan fingerprint density at radius 1 is 1.21 bits per heavy atom. The van der Waals surface area contributed by atoms with Gasteiger partial charge in [-0.15, -0.1) is 0 Å². The quantitative estimate of drug-likeness (QED) is 0.397. The van der Waals surface area contributed by atoms with Gasteiger partial charge in [0.05, 0.1) is 49.7 Å². The van der Waals surface area contributed by atoms with Gasteiger partial charge in [0.1, 0.15) is 0 Å². The first-order valence-corrected chi connectivity index (χ1v) is 5.99. The number of methoxy groups -OCH3 is 1. The minimum absolute atomic E-state index is 0.238. The normalized spacial score (nSPS) is 27.0. The second-order valence-electron chi connectivity index (χ2n) is 3.07. The van der Waals surface area contributed by atoms with Crippen molar-refractivity contribution in [2.75, 3.05) is 46.8 Å². The van der Waals surface area contributed by atoms with Gasteiger partial charge in [0, 0.05) is 7.11 Å². The van der Waals surface area contributed by atoms with Crippen LogP contribution in [0.25, 0.3) is 0 Å². The molecule has 2 atom stereocenters. The summed E-state index contributed by atoms with van der Waals surface area (Å²) < 4.78 is 21.5. The van der Waals surface area contributed by atoms with Crippen molar-refractivity contribution < 1.29 is 18.9 Å². The average Bonchev–Trinajstić information content (AvgIpc) is 2.58. The maximum atomic E-state index is 5.60. The second kappa shape index (κ2) is 7.81. The van der Waals surface area contributed by atoms with E-state index >= 15 is 0 Å². The van der Waals surface area contributed by atoms with Gasteiger partial charge in [-0.2, -0.15) is 0 Å². The number of hydrogen-bond acceptors (Lipinski definition) is 4. The molecule has 0 aromatic heterocycles. The lowest BCUT2D eigenvalue weighted by Gasteiger charge is -2.13. The Balaban J connectivity index is 1.88. The van der Waals surface area contributed by atoms with E-state index in [0.717, 1.165) is 6.61 Å². The molecule has 0 radical (unpaired) electrons. The van der Waals surface area contributed by atoms with Crippen molar-refractivity contribution in [3.63, 3.8) is 0 Å². The van der Waals surface area contributed by atoms with Gasteiger partial charge < -0.3 is 18.9 Å². The first-order chi connectivity index (χ1) is 6.84. The third-order valence-corrected chi connectivity index (χ3v) is 3.12. The van der Waals surface area contributed by atoms with Crippen molar-refractivity contribution in [1.82, 2.24) is 0 Å². The largest absolute Gasteiger partial charge is 0.382 e. The monoisotopic (exact) mass is 316 g/mol. The molecule has 5 heteroatoms. The van der Waals surface area contributed by atoms with Crippen molar-refractivity contribution in [3.05, 3.63) is 0 Å². The molecule has 1 aliphatic heterocycles. The van der Waals surface area contributed by atoms with Gasteiger partial charge in [0.15, 0.2) is 0 Å². The van der Waals surface area contributed by atoms with Crippen molar-refractivity contribution >= 4 is 22.6 Å². The molecule has 0 aliphatic carbocycles. The lowest BCUT2D eigenvalue weighted by molar-refractivity contribution is -0.00696. The van der Waals surface area contributed by atoms with Gasteiger partial charge >= 0.3 is 0 Å². The Hall–Kier alpha value is 0.570. The third kappa shape index (κ3) is 4.88. The highest BCUT2D eigenvalue weighted by atomic mass is 127. The summed E-state index contributed by atoms with van der Waals surface area (Å²) in [7, 11) is 1.66. The van der Waals surface area contributed by atoms with E-state index in [4.69, 9.17) is 18.9 Å². The van der Waals surface area contributed by atoms with Gasteiger partial charge in [-0.3, -0.25) is 0 Å². The summed E-state index contributed by atoms with van der Waals surface area (Å²) in [5.74, 6) is 0. The summed E-state index contributed by atoms with van der Waals surface area (Å²) in [6.45, 7) is 4.05. The van der Waals surface area contributed by atoms with Crippen LogP contribution in [0, 0.1) is 0 Å². The zero-order chi connectivity index (χ0) is 10.2. The lowest BCUT2D eigenvalue weighted by atomic mass is 10.3. The lowest BCUT2D eigenvalue weighted by Crippen LogP contribution is -2.24. The number of hydrogen-bond donors (Lipinski definition) is 0. The Kier molecular flexibility index (Phi) is 7.05. The Bertz CT molecular complexity index is 145. The molecule has 1 saturated heterocycles. The maximum absolute atomic E-state index is 5.60. The smallest absolute Gasteiger partial charge is 0.0949 e. The molecule has 0 saturated carbocycles. The highest BCUT2D eigenvalue weighted by Crippen LogP contribution is 2.17. The molecule has 1 heterocycles. The fourth-order valence-corrected chi connectivity index (χ4v) is 1.83. The number of rotatable bonds is 7. The summed E-state index contributed by atoms with van der Waals surface area (Å²) in [5.41, 5.74) is 0. The predicted octanol–water partition coefficient (Wildman–Crippen LogP) is 0.868. The molecule has 0 bridgehead atoms. The standard InChI is InChI=1S/C9H17IO4/c1-11-2-3-12-4-5-14-9-7-13-6-8(9)10/h8-9H,2-7H2,1H3. The Morgan fingerprint density at radius 2 is 2.00 bits per heavy atom. The van der Waals surface area contributed by atoms with Crippen LogP contribution >= 0.6 is 22.6 Å². The van der Waals surface area contributed by atoms with Gasteiger partial charge in [-0.1, -0.05) is 22.6 Å². The Morgan fingerprint density at radius 3 is 2.64 bits per heavy atom. The van der Waals surface area contributed by atoms with E-state index in [1.165, 1.54) is 0 Å². The first-order valence-electron chi connectivity index (χ1n) is 4.74. The fraction of sp³-hybridized carbons (Fsp3) is 1.00. The molecule has 4 nitrogen and oxygen atoms in total. The summed E-state index contributed by atoms with van der Waals surface area (Å²) in [6, 6.07) is 0. The van der Waals surface area contributed by atoms with Crippen molar-refractivity contribution in [2.45, 2.75) is 10.0 Å². The van der Waals surface area contributed by atoms with Crippen LogP contribution in [-0.4, -0.2) is 56.8 Å². The minimum Gasteiger partial charge on any atom is -0.382 e. The summed E-state index contributed by atoms with van der Waals surface area (Å²) >= 11 is 2.36. The number of alkyl halides is 1. The molecular formula is C9H17IO4. The summed E-state index contributed by atoms with van der Waals surface area (Å²) in [6.07, 6.45) is 0.238. The highest BCUT2D eigenvalue weighted by molar-refractivity contribution is 14.1. The summed E-state index contributed by atoms with van der Waals surface area (Å²) in [5, 5.41) is 0. The molecule has 0 aromatic carbocycles. The van der Waals surface area contributed by atoms with Crippen molar-refractivity contribution in [1.29, 1.82) is 0 Å². The molecule has 0 aromatic rings. The van der Waals surface area contributed by atoms with E-state index in [1.807, 2.05) is 0 Å². The van der Waals surface area contributed by atoms with Gasteiger partial charge in [0.2, 0.25) is 0 Å². The van der Waals surface area contributed by atoms with Crippen LogP contribution in [0.1, 0.15) is 0 Å². The molecular weight excluding hydrogens is 299 g/mol. The van der Waals surface area contributed by atoms with Gasteiger partial charge in [-0.25, -0.2) is 0 Å². The van der Waals surface area contributed by atoms with Crippen LogP contribution < -0.4 is 0 Å². The summed E-state index contributed by atoms with van der Waals surface area (Å²) in [4.78, 5) is 0. The molecule has 0 amide bonds. The SMILES string of the molecule is COCCOCCOC1COCC1I. The van der Waals surface area contributed by atoms with E-state index in [2.05, 4.69) is 22.6 Å². The van der Waals surface area contributed by atoms with Crippen LogP contribution in [0.3, 0.4) is 0 Å². The molecule has 1 rings (SSSR count). The van der Waals surface area contributed by atoms with E-state index in [1.54, 1.807) is 7.11 Å². The van der Waals surface area contributed by atoms with Crippen molar-refractivity contribution in [2.24, 2.45) is 0 Å². The van der Waals surface area contributed by atoms with E-state index in [0.29, 0.717) is 37.0 Å². The van der Waals surface area contributed by atoms with Crippen LogP contribution in [0.15, 0.2) is 0 Å². The molecule has 0 spiro atoms. The molecule has 1 aliphatic rings. The predicted molar refractivity (Wildman–Crippen MR) is 61.1 cm³/mol.